The van der Waals surface area contributed by atoms with Gasteiger partial charge in [0.1, 0.15) is 23.0 Å². The van der Waals surface area contributed by atoms with Gasteiger partial charge in [-0.25, -0.2) is 4.63 Å². The predicted molar refractivity (Wildman–Crippen MR) is 58.3 cm³/mol. The van der Waals surface area contributed by atoms with Crippen LogP contribution in [0.4, 0.5) is 0 Å². The minimum atomic E-state index is -0.324. The highest BCUT2D eigenvalue weighted by atomic mass is 16.6. The van der Waals surface area contributed by atoms with Crippen molar-refractivity contribution in [3.8, 4) is 6.07 Å². The van der Waals surface area contributed by atoms with Crippen LogP contribution in [0, 0.1) is 25.2 Å². The van der Waals surface area contributed by atoms with Crippen LogP contribution in [0.25, 0.3) is 0 Å². The Labute approximate surface area is 97.1 Å². The van der Waals surface area contributed by atoms with Gasteiger partial charge in [-0.2, -0.15) is 5.26 Å². The number of aryl methyl sites for hydroxylation is 2. The second-order valence-corrected chi connectivity index (χ2v) is 3.69. The Morgan fingerprint density at radius 1 is 1.41 bits per heavy atom. The molecule has 2 rings (SSSR count). The number of nitrogens with zero attached hydrogens (tertiary/aromatic N) is 4. The topological polar surface area (TPSA) is 84.7 Å². The zero-order chi connectivity index (χ0) is 12.4. The molecule has 0 radical (unpaired) electrons. The molecule has 17 heavy (non-hydrogen) atoms. The Morgan fingerprint density at radius 3 is 2.76 bits per heavy atom. The lowest BCUT2D eigenvalue weighted by Gasteiger charge is -2.07. The summed E-state index contributed by atoms with van der Waals surface area (Å²) in [5.74, 6) is 0. The molecule has 86 valence electrons. The Morgan fingerprint density at radius 2 is 2.18 bits per heavy atom. The molecule has 0 aromatic carbocycles. The smallest absolute Gasteiger partial charge is 0.269 e. The molecular formula is C11H10N4O2. The molecule has 0 fully saturated rings. The fraction of sp³-hybridized carbons (Fsp3) is 0.273. The second kappa shape index (κ2) is 4.22. The molecule has 0 unspecified atom stereocenters. The van der Waals surface area contributed by atoms with E-state index in [1.165, 1.54) is 10.6 Å². The maximum absolute atomic E-state index is 11.9. The van der Waals surface area contributed by atoms with Gasteiger partial charge in [-0.3, -0.25) is 4.79 Å². The van der Waals surface area contributed by atoms with E-state index in [2.05, 4.69) is 14.9 Å². The third-order valence-electron chi connectivity index (χ3n) is 2.57. The molecule has 2 heterocycles. The normalized spacial score (nSPS) is 10.2. The van der Waals surface area contributed by atoms with Crippen LogP contribution in [-0.2, 0) is 6.54 Å². The van der Waals surface area contributed by atoms with Crippen molar-refractivity contribution in [3.63, 3.8) is 0 Å². The lowest BCUT2D eigenvalue weighted by molar-refractivity contribution is 0.300. The van der Waals surface area contributed by atoms with Crippen molar-refractivity contribution in [1.29, 1.82) is 5.26 Å². The van der Waals surface area contributed by atoms with Gasteiger partial charge >= 0.3 is 0 Å². The molecule has 2 aromatic rings. The first kappa shape index (κ1) is 11.1. The fourth-order valence-electron chi connectivity index (χ4n) is 1.50. The molecule has 0 aliphatic heterocycles. The number of hydrogen-bond donors (Lipinski definition) is 0. The molecule has 0 amide bonds. The van der Waals surface area contributed by atoms with Gasteiger partial charge in [0.05, 0.1) is 6.54 Å². The van der Waals surface area contributed by atoms with Gasteiger partial charge in [-0.1, -0.05) is 10.3 Å². The van der Waals surface area contributed by atoms with E-state index in [0.717, 1.165) is 5.69 Å². The Kier molecular flexibility index (Phi) is 2.75. The van der Waals surface area contributed by atoms with E-state index in [4.69, 9.17) is 5.26 Å². The maximum atomic E-state index is 11.9. The van der Waals surface area contributed by atoms with E-state index >= 15 is 0 Å². The molecule has 0 saturated heterocycles. The highest BCUT2D eigenvalue weighted by molar-refractivity contribution is 5.28. The van der Waals surface area contributed by atoms with Crippen LogP contribution in [0.3, 0.4) is 0 Å². The summed E-state index contributed by atoms with van der Waals surface area (Å²) in [6.07, 6.45) is 0. The molecule has 6 heteroatoms. The molecule has 2 aromatic heterocycles. The molecule has 0 aliphatic carbocycles. The standard InChI is InChI=1S/C11H10N4O2/c1-7-3-4-9(5-12)11(16)15(7)6-10-8(2)13-17-14-10/h3-4H,6H2,1-2H3. The van der Waals surface area contributed by atoms with Gasteiger partial charge in [-0.15, -0.1) is 0 Å². The molecule has 0 spiro atoms. The van der Waals surface area contributed by atoms with Gasteiger partial charge < -0.3 is 4.57 Å². The van der Waals surface area contributed by atoms with Crippen LogP contribution in [-0.4, -0.2) is 14.9 Å². The van der Waals surface area contributed by atoms with Crippen LogP contribution >= 0.6 is 0 Å². The molecule has 0 aliphatic rings. The number of hydrogen-bond acceptors (Lipinski definition) is 5. The molecule has 0 saturated carbocycles. The third kappa shape index (κ3) is 1.95. The number of rotatable bonds is 2. The van der Waals surface area contributed by atoms with Crippen molar-refractivity contribution in [1.82, 2.24) is 14.9 Å². The largest absolute Gasteiger partial charge is 0.306 e. The van der Waals surface area contributed by atoms with Crippen molar-refractivity contribution < 1.29 is 4.63 Å². The van der Waals surface area contributed by atoms with Crippen molar-refractivity contribution >= 4 is 0 Å². The first-order valence-electron chi connectivity index (χ1n) is 5.02. The van der Waals surface area contributed by atoms with Crippen molar-refractivity contribution in [2.75, 3.05) is 0 Å². The second-order valence-electron chi connectivity index (χ2n) is 3.69. The quantitative estimate of drug-likeness (QED) is 0.760. The Balaban J connectivity index is 2.50. The van der Waals surface area contributed by atoms with Crippen LogP contribution in [0.5, 0.6) is 0 Å². The average Bonchev–Trinajstić information content (AvgIpc) is 2.70. The first-order chi connectivity index (χ1) is 8.13. The van der Waals surface area contributed by atoms with E-state index < -0.39 is 0 Å². The van der Waals surface area contributed by atoms with E-state index in [9.17, 15) is 4.79 Å². The van der Waals surface area contributed by atoms with Crippen LogP contribution in [0.1, 0.15) is 22.6 Å². The summed E-state index contributed by atoms with van der Waals surface area (Å²) in [5.41, 5.74) is 1.78. The van der Waals surface area contributed by atoms with Crippen molar-refractivity contribution in [3.05, 3.63) is 45.1 Å². The predicted octanol–water partition coefficient (Wildman–Crippen LogP) is 0.768. The zero-order valence-corrected chi connectivity index (χ0v) is 9.47. The molecule has 0 bridgehead atoms. The van der Waals surface area contributed by atoms with Gasteiger partial charge in [0.2, 0.25) is 0 Å². The lowest BCUT2D eigenvalue weighted by Crippen LogP contribution is -2.25. The van der Waals surface area contributed by atoms with Crippen molar-refractivity contribution in [2.24, 2.45) is 0 Å². The highest BCUT2D eigenvalue weighted by Crippen LogP contribution is 2.05. The number of pyridine rings is 1. The van der Waals surface area contributed by atoms with Crippen molar-refractivity contribution in [2.45, 2.75) is 20.4 Å². The number of nitriles is 1. The molecule has 6 nitrogen and oxygen atoms in total. The Bertz CT molecular complexity index is 648. The highest BCUT2D eigenvalue weighted by Gasteiger charge is 2.10. The van der Waals surface area contributed by atoms with Gasteiger partial charge in [-0.05, 0) is 26.0 Å². The van der Waals surface area contributed by atoms with Gasteiger partial charge in [0.25, 0.3) is 5.56 Å². The van der Waals surface area contributed by atoms with Gasteiger partial charge in [0.15, 0.2) is 0 Å². The summed E-state index contributed by atoms with van der Waals surface area (Å²) in [7, 11) is 0. The van der Waals surface area contributed by atoms with E-state index in [1.54, 1.807) is 19.9 Å². The van der Waals surface area contributed by atoms with Crippen LogP contribution in [0.2, 0.25) is 0 Å². The zero-order valence-electron chi connectivity index (χ0n) is 9.47. The SMILES string of the molecule is Cc1nonc1Cn1c(C)ccc(C#N)c1=O. The van der Waals surface area contributed by atoms with Gasteiger partial charge in [0, 0.05) is 5.69 Å². The Hall–Kier alpha value is -2.42. The summed E-state index contributed by atoms with van der Waals surface area (Å²) in [4.78, 5) is 11.9. The summed E-state index contributed by atoms with van der Waals surface area (Å²) < 4.78 is 6.05. The third-order valence-corrected chi connectivity index (χ3v) is 2.57. The maximum Gasteiger partial charge on any atom is 0.269 e. The monoisotopic (exact) mass is 230 g/mol. The summed E-state index contributed by atoms with van der Waals surface area (Å²) >= 11 is 0. The lowest BCUT2D eigenvalue weighted by atomic mass is 10.2. The van der Waals surface area contributed by atoms with E-state index in [1.807, 2.05) is 6.07 Å². The van der Waals surface area contributed by atoms with E-state index in [-0.39, 0.29) is 17.7 Å². The summed E-state index contributed by atoms with van der Waals surface area (Å²) in [5, 5.41) is 16.2. The first-order valence-corrected chi connectivity index (χ1v) is 5.02. The summed E-state index contributed by atoms with van der Waals surface area (Å²) in [6, 6.07) is 5.11. The fourth-order valence-corrected chi connectivity index (χ4v) is 1.50. The van der Waals surface area contributed by atoms with Crippen LogP contribution < -0.4 is 5.56 Å². The molecule has 0 atom stereocenters. The molecule has 0 N–H and O–H groups in total. The van der Waals surface area contributed by atoms with Crippen LogP contribution in [0.15, 0.2) is 21.6 Å². The minimum absolute atomic E-state index is 0.115. The minimum Gasteiger partial charge on any atom is -0.306 e. The number of aromatic nitrogens is 3. The summed E-state index contributed by atoms with van der Waals surface area (Å²) in [6.45, 7) is 3.81. The average molecular weight is 230 g/mol. The van der Waals surface area contributed by atoms with E-state index in [0.29, 0.717) is 11.4 Å². The molecular weight excluding hydrogens is 220 g/mol.